The van der Waals surface area contributed by atoms with Gasteiger partial charge >= 0.3 is 0 Å². The smallest absolute Gasteiger partial charge is 0.119 e. The maximum Gasteiger partial charge on any atom is 0.119 e. The van der Waals surface area contributed by atoms with Gasteiger partial charge in [0.1, 0.15) is 12.4 Å². The number of aliphatic hydroxyl groups is 1. The molecular weight excluding hydrogens is 250 g/mol. The van der Waals surface area contributed by atoms with Gasteiger partial charge in [-0.3, -0.25) is 0 Å². The summed E-state index contributed by atoms with van der Waals surface area (Å²) in [6, 6.07) is 8.58. The first-order valence-corrected chi connectivity index (χ1v) is 7.77. The van der Waals surface area contributed by atoms with Crippen molar-refractivity contribution in [1.82, 2.24) is 5.32 Å². The molecule has 3 nitrogen and oxygen atoms in total. The Morgan fingerprint density at radius 1 is 1.10 bits per heavy atom. The minimum atomic E-state index is -0.714. The lowest BCUT2D eigenvalue weighted by Gasteiger charge is -2.25. The van der Waals surface area contributed by atoms with Gasteiger partial charge in [-0.15, -0.1) is 0 Å². The maximum absolute atomic E-state index is 10.2. The summed E-state index contributed by atoms with van der Waals surface area (Å²) in [6.07, 6.45) is 2.49. The maximum atomic E-state index is 10.2. The molecule has 0 fully saturated rings. The number of ether oxygens (including phenoxy) is 1. The lowest BCUT2D eigenvalue weighted by Crippen LogP contribution is -2.34. The molecule has 0 saturated heterocycles. The van der Waals surface area contributed by atoms with Gasteiger partial charge in [0.05, 0.1) is 5.60 Å². The number of hydrogen-bond donors (Lipinski definition) is 2. The molecule has 1 rings (SSSR count). The first kappa shape index (κ1) is 17.0. The third kappa shape index (κ3) is 4.80. The zero-order valence-electron chi connectivity index (χ0n) is 13.3. The van der Waals surface area contributed by atoms with E-state index in [1.165, 1.54) is 5.56 Å². The summed E-state index contributed by atoms with van der Waals surface area (Å²) in [5.74, 6) is 0.820. The third-order valence-corrected chi connectivity index (χ3v) is 3.96. The summed E-state index contributed by atoms with van der Waals surface area (Å²) in [6.45, 7) is 9.59. The van der Waals surface area contributed by atoms with E-state index in [0.29, 0.717) is 25.5 Å². The topological polar surface area (TPSA) is 41.5 Å². The van der Waals surface area contributed by atoms with Gasteiger partial charge in [-0.2, -0.15) is 0 Å². The first-order chi connectivity index (χ1) is 9.58. The van der Waals surface area contributed by atoms with Gasteiger partial charge in [0.25, 0.3) is 0 Å². The van der Waals surface area contributed by atoms with Crippen LogP contribution in [-0.2, 0) is 0 Å². The van der Waals surface area contributed by atoms with Gasteiger partial charge in [0.2, 0.25) is 0 Å². The standard InChI is InChI=1S/C17H29NO2/c1-5-16(18-8-4)14-9-11-15(12-10-14)20-13-17(19,6-2)7-3/h9-12,16,18-19H,5-8,13H2,1-4H3. The molecule has 1 aromatic carbocycles. The molecule has 0 aliphatic rings. The molecule has 0 aromatic heterocycles. The van der Waals surface area contributed by atoms with E-state index in [2.05, 4.69) is 31.3 Å². The fourth-order valence-electron chi connectivity index (χ4n) is 2.21. The van der Waals surface area contributed by atoms with Gasteiger partial charge in [-0.25, -0.2) is 0 Å². The zero-order valence-corrected chi connectivity index (χ0v) is 13.3. The predicted octanol–water partition coefficient (Wildman–Crippen LogP) is 3.68. The van der Waals surface area contributed by atoms with Gasteiger partial charge in [0, 0.05) is 6.04 Å². The Balaban J connectivity index is 2.62. The minimum Gasteiger partial charge on any atom is -0.491 e. The molecule has 1 aromatic rings. The first-order valence-electron chi connectivity index (χ1n) is 7.77. The molecule has 0 spiro atoms. The third-order valence-electron chi connectivity index (χ3n) is 3.96. The molecule has 0 amide bonds. The van der Waals surface area contributed by atoms with Crippen molar-refractivity contribution >= 4 is 0 Å². The van der Waals surface area contributed by atoms with E-state index in [-0.39, 0.29) is 0 Å². The van der Waals surface area contributed by atoms with E-state index in [1.54, 1.807) is 0 Å². The fraction of sp³-hybridized carbons (Fsp3) is 0.647. The Morgan fingerprint density at radius 2 is 1.70 bits per heavy atom. The Morgan fingerprint density at radius 3 is 2.15 bits per heavy atom. The van der Waals surface area contributed by atoms with Crippen LogP contribution >= 0.6 is 0 Å². The lowest BCUT2D eigenvalue weighted by molar-refractivity contribution is -0.0113. The molecule has 0 bridgehead atoms. The number of benzene rings is 1. The van der Waals surface area contributed by atoms with E-state index < -0.39 is 5.60 Å². The highest BCUT2D eigenvalue weighted by molar-refractivity contribution is 5.29. The van der Waals surface area contributed by atoms with Crippen LogP contribution in [0.15, 0.2) is 24.3 Å². The lowest BCUT2D eigenvalue weighted by atomic mass is 9.99. The largest absolute Gasteiger partial charge is 0.491 e. The van der Waals surface area contributed by atoms with Gasteiger partial charge in [-0.05, 0) is 43.5 Å². The number of nitrogens with one attached hydrogen (secondary N) is 1. The van der Waals surface area contributed by atoms with Gasteiger partial charge < -0.3 is 15.2 Å². The summed E-state index contributed by atoms with van der Waals surface area (Å²) in [4.78, 5) is 0. The molecule has 0 heterocycles. The van der Waals surface area contributed by atoms with Crippen LogP contribution in [0.3, 0.4) is 0 Å². The van der Waals surface area contributed by atoms with E-state index >= 15 is 0 Å². The van der Waals surface area contributed by atoms with Crippen molar-refractivity contribution in [2.45, 2.75) is 58.6 Å². The predicted molar refractivity (Wildman–Crippen MR) is 84.2 cm³/mol. The van der Waals surface area contributed by atoms with Gasteiger partial charge in [0.15, 0.2) is 0 Å². The second-order valence-corrected chi connectivity index (χ2v) is 5.31. The summed E-state index contributed by atoms with van der Waals surface area (Å²) in [5.41, 5.74) is 0.567. The van der Waals surface area contributed by atoms with Crippen molar-refractivity contribution in [3.63, 3.8) is 0 Å². The zero-order chi connectivity index (χ0) is 15.0. The quantitative estimate of drug-likeness (QED) is 0.724. The summed E-state index contributed by atoms with van der Waals surface area (Å²) in [7, 11) is 0. The summed E-state index contributed by atoms with van der Waals surface area (Å²) >= 11 is 0. The normalized spacial score (nSPS) is 13.2. The molecular formula is C17H29NO2. The second kappa shape index (κ2) is 8.28. The van der Waals surface area contributed by atoms with Crippen LogP contribution in [0.5, 0.6) is 5.75 Å². The van der Waals surface area contributed by atoms with Crippen molar-refractivity contribution in [2.75, 3.05) is 13.2 Å². The highest BCUT2D eigenvalue weighted by Crippen LogP contribution is 2.22. The molecule has 20 heavy (non-hydrogen) atoms. The van der Waals surface area contributed by atoms with E-state index in [0.717, 1.165) is 18.7 Å². The van der Waals surface area contributed by atoms with Crippen LogP contribution in [0.1, 0.15) is 58.6 Å². The van der Waals surface area contributed by atoms with Crippen molar-refractivity contribution in [1.29, 1.82) is 0 Å². The Hall–Kier alpha value is -1.06. The highest BCUT2D eigenvalue weighted by atomic mass is 16.5. The van der Waals surface area contributed by atoms with Crippen LogP contribution in [0, 0.1) is 0 Å². The molecule has 114 valence electrons. The molecule has 0 radical (unpaired) electrons. The molecule has 3 heteroatoms. The molecule has 0 aliphatic heterocycles. The van der Waals surface area contributed by atoms with E-state index in [1.807, 2.05) is 26.0 Å². The van der Waals surface area contributed by atoms with E-state index in [4.69, 9.17) is 4.74 Å². The summed E-state index contributed by atoms with van der Waals surface area (Å²) < 4.78 is 5.71. The minimum absolute atomic E-state index is 0.351. The molecule has 0 aliphatic carbocycles. The summed E-state index contributed by atoms with van der Waals surface area (Å²) in [5, 5.41) is 13.7. The second-order valence-electron chi connectivity index (χ2n) is 5.31. The Labute approximate surface area is 123 Å². The highest BCUT2D eigenvalue weighted by Gasteiger charge is 2.23. The fourth-order valence-corrected chi connectivity index (χ4v) is 2.21. The molecule has 2 N–H and O–H groups in total. The van der Waals surface area contributed by atoms with Crippen molar-refractivity contribution < 1.29 is 9.84 Å². The van der Waals surface area contributed by atoms with Crippen molar-refractivity contribution in [3.8, 4) is 5.75 Å². The Bertz CT molecular complexity index is 371. The SMILES string of the molecule is CCNC(CC)c1ccc(OCC(O)(CC)CC)cc1. The molecule has 1 unspecified atom stereocenters. The number of rotatable bonds is 9. The van der Waals surface area contributed by atoms with Crippen LogP contribution in [0.2, 0.25) is 0 Å². The average molecular weight is 279 g/mol. The molecule has 1 atom stereocenters. The van der Waals surface area contributed by atoms with Crippen molar-refractivity contribution in [3.05, 3.63) is 29.8 Å². The van der Waals surface area contributed by atoms with Gasteiger partial charge in [-0.1, -0.05) is 39.8 Å². The van der Waals surface area contributed by atoms with Crippen molar-refractivity contribution in [2.24, 2.45) is 0 Å². The monoisotopic (exact) mass is 279 g/mol. The average Bonchev–Trinajstić information content (AvgIpc) is 2.51. The number of hydrogen-bond acceptors (Lipinski definition) is 3. The van der Waals surface area contributed by atoms with E-state index in [9.17, 15) is 5.11 Å². The van der Waals surface area contributed by atoms with Crippen LogP contribution in [0.25, 0.3) is 0 Å². The Kier molecular flexibility index (Phi) is 7.03. The van der Waals surface area contributed by atoms with Crippen LogP contribution in [-0.4, -0.2) is 23.9 Å². The molecule has 0 saturated carbocycles. The van der Waals surface area contributed by atoms with Crippen LogP contribution in [0.4, 0.5) is 0 Å². The van der Waals surface area contributed by atoms with Crippen LogP contribution < -0.4 is 10.1 Å².